The number of aromatic nitrogens is 2. The standard InChI is InChI=1S/C21H22N4O6S2/c1-30-15-5-7-16(8-6-15)33(28,29)25-11-9-14(10-12-25)21(27)31-13-19(26)22-17-3-2-4-18-20(17)24-32-23-18/h2-8,14H,9-13H2,1H3,(H,22,26). The molecule has 0 saturated carbocycles. The summed E-state index contributed by atoms with van der Waals surface area (Å²) in [6.45, 7) is -0.0462. The van der Waals surface area contributed by atoms with Crippen LogP contribution in [0.2, 0.25) is 0 Å². The van der Waals surface area contributed by atoms with Crippen molar-refractivity contribution in [3.05, 3.63) is 42.5 Å². The van der Waals surface area contributed by atoms with E-state index in [0.717, 1.165) is 11.7 Å². The molecule has 1 aliphatic rings. The highest BCUT2D eigenvalue weighted by Crippen LogP contribution is 2.26. The summed E-state index contributed by atoms with van der Waals surface area (Å²) in [6.07, 6.45) is 0.638. The summed E-state index contributed by atoms with van der Waals surface area (Å²) in [5.74, 6) is -0.894. The normalized spacial score (nSPS) is 15.3. The number of nitrogens with zero attached hydrogens (tertiary/aromatic N) is 3. The molecule has 1 fully saturated rings. The van der Waals surface area contributed by atoms with Gasteiger partial charge in [-0.25, -0.2) is 8.42 Å². The van der Waals surface area contributed by atoms with E-state index in [9.17, 15) is 18.0 Å². The summed E-state index contributed by atoms with van der Waals surface area (Å²) in [6, 6.07) is 11.4. The Morgan fingerprint density at radius 3 is 2.55 bits per heavy atom. The smallest absolute Gasteiger partial charge is 0.309 e. The third kappa shape index (κ3) is 5.13. The first kappa shape index (κ1) is 23.1. The van der Waals surface area contributed by atoms with Crippen molar-refractivity contribution in [2.45, 2.75) is 17.7 Å². The number of carbonyl (C=O) groups is 2. The number of amides is 1. The molecule has 0 radical (unpaired) electrons. The van der Waals surface area contributed by atoms with E-state index in [1.165, 1.54) is 23.5 Å². The van der Waals surface area contributed by atoms with Gasteiger partial charge in [-0.05, 0) is 49.2 Å². The van der Waals surface area contributed by atoms with E-state index in [2.05, 4.69) is 14.1 Å². The summed E-state index contributed by atoms with van der Waals surface area (Å²) in [5, 5.41) is 2.67. The molecule has 1 saturated heterocycles. The van der Waals surface area contributed by atoms with Gasteiger partial charge in [-0.3, -0.25) is 9.59 Å². The number of esters is 1. The quantitative estimate of drug-likeness (QED) is 0.500. The average Bonchev–Trinajstić information content (AvgIpc) is 3.33. The molecule has 2 heterocycles. The van der Waals surface area contributed by atoms with Crippen molar-refractivity contribution in [3.8, 4) is 5.75 Å². The van der Waals surface area contributed by atoms with Gasteiger partial charge in [0.15, 0.2) is 6.61 Å². The van der Waals surface area contributed by atoms with Gasteiger partial charge in [-0.2, -0.15) is 13.1 Å². The van der Waals surface area contributed by atoms with Crippen LogP contribution in [0.1, 0.15) is 12.8 Å². The lowest BCUT2D eigenvalue weighted by atomic mass is 9.98. The molecular formula is C21H22N4O6S2. The van der Waals surface area contributed by atoms with E-state index in [0.29, 0.717) is 35.3 Å². The van der Waals surface area contributed by atoms with Crippen LogP contribution in [0.25, 0.3) is 11.0 Å². The average molecular weight is 491 g/mol. The van der Waals surface area contributed by atoms with Gasteiger partial charge in [0.1, 0.15) is 16.8 Å². The van der Waals surface area contributed by atoms with Crippen LogP contribution in [0.5, 0.6) is 5.75 Å². The highest BCUT2D eigenvalue weighted by Gasteiger charge is 2.33. The maximum absolute atomic E-state index is 12.8. The lowest BCUT2D eigenvalue weighted by Crippen LogP contribution is -2.40. The largest absolute Gasteiger partial charge is 0.497 e. The van der Waals surface area contributed by atoms with Crippen molar-refractivity contribution in [1.82, 2.24) is 13.1 Å². The van der Waals surface area contributed by atoms with Crippen LogP contribution in [0.4, 0.5) is 5.69 Å². The minimum absolute atomic E-state index is 0.173. The molecule has 12 heteroatoms. The maximum Gasteiger partial charge on any atom is 0.309 e. The summed E-state index contributed by atoms with van der Waals surface area (Å²) >= 11 is 1.04. The van der Waals surface area contributed by atoms with Gasteiger partial charge in [0, 0.05) is 13.1 Å². The van der Waals surface area contributed by atoms with Crippen molar-refractivity contribution >= 4 is 50.3 Å². The second kappa shape index (κ2) is 9.81. The van der Waals surface area contributed by atoms with E-state index in [1.807, 2.05) is 0 Å². The van der Waals surface area contributed by atoms with Crippen LogP contribution < -0.4 is 10.1 Å². The van der Waals surface area contributed by atoms with Crippen LogP contribution in [0.15, 0.2) is 47.4 Å². The van der Waals surface area contributed by atoms with Gasteiger partial charge in [-0.1, -0.05) is 6.07 Å². The summed E-state index contributed by atoms with van der Waals surface area (Å²) in [4.78, 5) is 24.8. The molecule has 0 unspecified atom stereocenters. The summed E-state index contributed by atoms with van der Waals surface area (Å²) < 4.78 is 45.5. The van der Waals surface area contributed by atoms with Gasteiger partial charge < -0.3 is 14.8 Å². The van der Waals surface area contributed by atoms with Crippen LogP contribution in [-0.2, 0) is 24.3 Å². The molecule has 174 valence electrons. The Bertz CT molecular complexity index is 1250. The zero-order valence-corrected chi connectivity index (χ0v) is 19.4. The third-order valence-corrected chi connectivity index (χ3v) is 7.85. The van der Waals surface area contributed by atoms with Gasteiger partial charge >= 0.3 is 5.97 Å². The van der Waals surface area contributed by atoms with E-state index < -0.39 is 34.4 Å². The van der Waals surface area contributed by atoms with Gasteiger partial charge in [0.25, 0.3) is 5.91 Å². The fraction of sp³-hybridized carbons (Fsp3) is 0.333. The molecule has 1 aliphatic heterocycles. The number of benzene rings is 2. The molecule has 1 amide bonds. The Hall–Kier alpha value is -3.09. The fourth-order valence-electron chi connectivity index (χ4n) is 3.58. The number of hydrogen-bond acceptors (Lipinski definition) is 9. The molecule has 0 atom stereocenters. The summed E-state index contributed by atoms with van der Waals surface area (Å²) in [5.41, 5.74) is 1.75. The molecule has 3 aromatic rings. The first-order valence-corrected chi connectivity index (χ1v) is 12.4. The molecule has 1 N–H and O–H groups in total. The van der Waals surface area contributed by atoms with Crippen molar-refractivity contribution in [1.29, 1.82) is 0 Å². The second-order valence-corrected chi connectivity index (χ2v) is 9.91. The molecule has 0 aliphatic carbocycles. The van der Waals surface area contributed by atoms with Crippen LogP contribution in [0, 0.1) is 5.92 Å². The SMILES string of the molecule is COc1ccc(S(=O)(=O)N2CCC(C(=O)OCC(=O)Nc3cccc4nsnc34)CC2)cc1. The lowest BCUT2D eigenvalue weighted by Gasteiger charge is -2.30. The van der Waals surface area contributed by atoms with E-state index in [1.54, 1.807) is 30.3 Å². The highest BCUT2D eigenvalue weighted by atomic mass is 32.2. The minimum Gasteiger partial charge on any atom is -0.497 e. The Morgan fingerprint density at radius 1 is 1.12 bits per heavy atom. The monoisotopic (exact) mass is 490 g/mol. The lowest BCUT2D eigenvalue weighted by molar-refractivity contribution is -0.152. The van der Waals surface area contributed by atoms with E-state index in [4.69, 9.17) is 9.47 Å². The number of nitrogens with one attached hydrogen (secondary N) is 1. The second-order valence-electron chi connectivity index (χ2n) is 7.45. The predicted molar refractivity (Wildman–Crippen MR) is 121 cm³/mol. The first-order chi connectivity index (χ1) is 15.9. The van der Waals surface area contributed by atoms with Gasteiger partial charge in [0.2, 0.25) is 10.0 Å². The number of fused-ring (bicyclic) bond motifs is 1. The van der Waals surface area contributed by atoms with Crippen molar-refractivity contribution in [3.63, 3.8) is 0 Å². The predicted octanol–water partition coefficient (Wildman–Crippen LogP) is 2.28. The number of hydrogen-bond donors (Lipinski definition) is 1. The number of anilines is 1. The summed E-state index contributed by atoms with van der Waals surface area (Å²) in [7, 11) is -2.15. The number of rotatable bonds is 7. The molecule has 33 heavy (non-hydrogen) atoms. The number of carbonyl (C=O) groups excluding carboxylic acids is 2. The maximum atomic E-state index is 12.8. The zero-order chi connectivity index (χ0) is 23.4. The van der Waals surface area contributed by atoms with Crippen molar-refractivity contribution in [2.75, 3.05) is 32.1 Å². The van der Waals surface area contributed by atoms with E-state index in [-0.39, 0.29) is 18.0 Å². The fourth-order valence-corrected chi connectivity index (χ4v) is 5.60. The van der Waals surface area contributed by atoms with E-state index >= 15 is 0 Å². The topological polar surface area (TPSA) is 128 Å². The molecule has 2 aromatic carbocycles. The van der Waals surface area contributed by atoms with Crippen LogP contribution >= 0.6 is 11.7 Å². The molecular weight excluding hydrogens is 468 g/mol. The Morgan fingerprint density at radius 2 is 1.85 bits per heavy atom. The number of piperidine rings is 1. The Kier molecular flexibility index (Phi) is 6.86. The minimum atomic E-state index is -3.66. The molecule has 10 nitrogen and oxygen atoms in total. The molecule has 0 spiro atoms. The number of sulfonamides is 1. The van der Waals surface area contributed by atoms with Gasteiger partial charge in [-0.15, -0.1) is 0 Å². The molecule has 0 bridgehead atoms. The molecule has 4 rings (SSSR count). The zero-order valence-electron chi connectivity index (χ0n) is 17.8. The first-order valence-electron chi connectivity index (χ1n) is 10.2. The van der Waals surface area contributed by atoms with Gasteiger partial charge in [0.05, 0.1) is 35.3 Å². The van der Waals surface area contributed by atoms with Crippen molar-refractivity contribution in [2.24, 2.45) is 5.92 Å². The van der Waals surface area contributed by atoms with Crippen LogP contribution in [0.3, 0.4) is 0 Å². The van der Waals surface area contributed by atoms with Crippen LogP contribution in [-0.4, -0.2) is 60.2 Å². The number of ether oxygens (including phenoxy) is 2. The van der Waals surface area contributed by atoms with Crippen molar-refractivity contribution < 1.29 is 27.5 Å². The third-order valence-electron chi connectivity index (χ3n) is 5.39. The highest BCUT2D eigenvalue weighted by molar-refractivity contribution is 7.89. The Balaban J connectivity index is 1.27. The Labute approximate surface area is 194 Å². The molecule has 1 aromatic heterocycles. The number of methoxy groups -OCH3 is 1.